The van der Waals surface area contributed by atoms with Crippen molar-refractivity contribution in [2.45, 2.75) is 69.9 Å². The number of carbonyl (C=O) groups excluding carboxylic acids is 2. The molecule has 37 heavy (non-hydrogen) atoms. The first-order valence-electron chi connectivity index (χ1n) is 13.8. The average molecular weight is 500 g/mol. The van der Waals surface area contributed by atoms with E-state index in [2.05, 4.69) is 0 Å². The van der Waals surface area contributed by atoms with Gasteiger partial charge in [0.25, 0.3) is 11.8 Å². The van der Waals surface area contributed by atoms with Gasteiger partial charge in [0.1, 0.15) is 17.5 Å². The number of hydrogen-bond acceptors (Lipinski definition) is 4. The van der Waals surface area contributed by atoms with Crippen LogP contribution in [0.15, 0.2) is 60.7 Å². The number of para-hydroxylation sites is 2. The summed E-state index contributed by atoms with van der Waals surface area (Å²) in [4.78, 5) is 35.8. The van der Waals surface area contributed by atoms with Crippen LogP contribution in [-0.4, -0.2) is 58.9 Å². The molecule has 3 aromatic rings. The molecule has 1 aliphatic heterocycles. The third kappa shape index (κ3) is 5.79. The van der Waals surface area contributed by atoms with Crippen LogP contribution in [0.3, 0.4) is 0 Å². The molecule has 0 unspecified atom stereocenters. The topological polar surface area (TPSA) is 62.7 Å². The van der Waals surface area contributed by atoms with Crippen LogP contribution in [0.25, 0.3) is 10.9 Å². The van der Waals surface area contributed by atoms with Crippen molar-refractivity contribution in [2.24, 2.45) is 0 Å². The van der Waals surface area contributed by atoms with Crippen molar-refractivity contribution in [3.8, 4) is 5.75 Å². The number of ether oxygens (including phenoxy) is 1. The minimum atomic E-state index is -0.164. The summed E-state index contributed by atoms with van der Waals surface area (Å²) < 4.78 is 6.62. The molecule has 2 atom stereocenters. The van der Waals surface area contributed by atoms with Crippen molar-refractivity contribution in [1.29, 1.82) is 0 Å². The van der Waals surface area contributed by atoms with E-state index in [1.54, 1.807) is 4.90 Å². The second kappa shape index (κ2) is 11.8. The Morgan fingerprint density at radius 2 is 1.57 bits per heavy atom. The van der Waals surface area contributed by atoms with E-state index < -0.39 is 0 Å². The van der Waals surface area contributed by atoms with Gasteiger partial charge in [0.15, 0.2) is 0 Å². The molecule has 2 heterocycles. The van der Waals surface area contributed by atoms with Crippen LogP contribution in [0.1, 0.15) is 78.6 Å². The largest absolute Gasteiger partial charge is 0.487 e. The van der Waals surface area contributed by atoms with Gasteiger partial charge in [-0.05, 0) is 56.4 Å². The number of amides is 2. The van der Waals surface area contributed by atoms with E-state index >= 15 is 0 Å². The highest BCUT2D eigenvalue weighted by atomic mass is 16.5. The lowest BCUT2D eigenvalue weighted by Crippen LogP contribution is -2.51. The molecule has 194 valence electrons. The number of nitrogens with zero attached hydrogens (tertiary/aromatic N) is 3. The molecule has 1 saturated carbocycles. The standard InChI is InChI=1S/C31H37N3O3/c1-33-21-11-3-2-4-12-22-34(31(36)26-20-19-23-13-5-7-15-25(23)32-26)27-16-8-10-18-29(27)37-28-17-9-6-14-24(28)30(33)35/h5-7,9,13-15,17,19-20,27,29H,2-4,8,10-12,16,18,21-22H2,1H3/t27-,29+/m1/s1. The fourth-order valence-corrected chi connectivity index (χ4v) is 5.70. The summed E-state index contributed by atoms with van der Waals surface area (Å²) in [6, 6.07) is 19.2. The Kier molecular flexibility index (Phi) is 8.02. The molecule has 5 rings (SSSR count). The zero-order valence-corrected chi connectivity index (χ0v) is 21.8. The minimum absolute atomic E-state index is 0.00822. The fourth-order valence-electron chi connectivity index (χ4n) is 5.70. The number of carbonyl (C=O) groups is 2. The molecule has 1 aliphatic carbocycles. The fraction of sp³-hybridized carbons (Fsp3) is 0.452. The molecule has 6 nitrogen and oxygen atoms in total. The maximum Gasteiger partial charge on any atom is 0.272 e. The van der Waals surface area contributed by atoms with Crippen LogP contribution in [-0.2, 0) is 0 Å². The number of rotatable bonds is 1. The number of pyridine rings is 1. The second-order valence-corrected chi connectivity index (χ2v) is 10.4. The summed E-state index contributed by atoms with van der Waals surface area (Å²) in [5.74, 6) is 0.577. The molecule has 1 aromatic heterocycles. The molecule has 0 radical (unpaired) electrons. The van der Waals surface area contributed by atoms with Crippen LogP contribution >= 0.6 is 0 Å². The van der Waals surface area contributed by atoms with Gasteiger partial charge in [0.05, 0.1) is 17.1 Å². The van der Waals surface area contributed by atoms with Gasteiger partial charge in [-0.2, -0.15) is 0 Å². The molecule has 2 aliphatic rings. The highest BCUT2D eigenvalue weighted by molar-refractivity contribution is 5.97. The van der Waals surface area contributed by atoms with E-state index in [9.17, 15) is 9.59 Å². The Bertz CT molecular complexity index is 1240. The summed E-state index contributed by atoms with van der Waals surface area (Å²) in [7, 11) is 1.87. The van der Waals surface area contributed by atoms with Crippen LogP contribution in [0.5, 0.6) is 5.75 Å². The molecular formula is C31H37N3O3. The van der Waals surface area contributed by atoms with Crippen molar-refractivity contribution in [3.63, 3.8) is 0 Å². The summed E-state index contributed by atoms with van der Waals surface area (Å²) in [6.07, 6.45) is 8.84. The van der Waals surface area contributed by atoms with Gasteiger partial charge in [-0.15, -0.1) is 0 Å². The van der Waals surface area contributed by atoms with E-state index in [0.29, 0.717) is 23.6 Å². The Morgan fingerprint density at radius 1 is 0.838 bits per heavy atom. The first kappa shape index (κ1) is 25.2. The number of benzene rings is 2. The Morgan fingerprint density at radius 3 is 2.46 bits per heavy atom. The van der Waals surface area contributed by atoms with Crippen LogP contribution < -0.4 is 4.74 Å². The van der Waals surface area contributed by atoms with E-state index in [1.807, 2.05) is 72.6 Å². The quantitative estimate of drug-likeness (QED) is 0.406. The van der Waals surface area contributed by atoms with Gasteiger partial charge < -0.3 is 14.5 Å². The predicted molar refractivity (Wildman–Crippen MR) is 146 cm³/mol. The summed E-state index contributed by atoms with van der Waals surface area (Å²) in [6.45, 7) is 1.43. The van der Waals surface area contributed by atoms with Gasteiger partial charge in [-0.3, -0.25) is 9.59 Å². The third-order valence-electron chi connectivity index (χ3n) is 7.78. The molecule has 0 bridgehead atoms. The summed E-state index contributed by atoms with van der Waals surface area (Å²) >= 11 is 0. The lowest BCUT2D eigenvalue weighted by atomic mass is 9.90. The summed E-state index contributed by atoms with van der Waals surface area (Å²) in [5.41, 5.74) is 1.91. The second-order valence-electron chi connectivity index (χ2n) is 10.4. The van der Waals surface area contributed by atoms with E-state index in [4.69, 9.17) is 9.72 Å². The third-order valence-corrected chi connectivity index (χ3v) is 7.78. The molecular weight excluding hydrogens is 462 g/mol. The van der Waals surface area contributed by atoms with Crippen LogP contribution in [0, 0.1) is 0 Å². The Balaban J connectivity index is 1.48. The highest BCUT2D eigenvalue weighted by Crippen LogP contribution is 2.31. The molecule has 2 amide bonds. The van der Waals surface area contributed by atoms with Crippen molar-refractivity contribution in [1.82, 2.24) is 14.8 Å². The predicted octanol–water partition coefficient (Wildman–Crippen LogP) is 6.10. The number of aromatic nitrogens is 1. The molecule has 1 fully saturated rings. The van der Waals surface area contributed by atoms with Gasteiger partial charge in [-0.1, -0.05) is 62.1 Å². The van der Waals surface area contributed by atoms with Crippen molar-refractivity contribution in [2.75, 3.05) is 20.1 Å². The lowest BCUT2D eigenvalue weighted by Gasteiger charge is -2.40. The molecule has 0 N–H and O–H groups in total. The first-order chi connectivity index (χ1) is 18.1. The van der Waals surface area contributed by atoms with E-state index in [0.717, 1.165) is 75.2 Å². The summed E-state index contributed by atoms with van der Waals surface area (Å²) in [5, 5.41) is 1.03. The first-order valence-corrected chi connectivity index (χ1v) is 13.8. The van der Waals surface area contributed by atoms with E-state index in [1.165, 1.54) is 0 Å². The van der Waals surface area contributed by atoms with Gasteiger partial charge in [0, 0.05) is 25.5 Å². The van der Waals surface area contributed by atoms with Crippen LogP contribution in [0.2, 0.25) is 0 Å². The highest BCUT2D eigenvalue weighted by Gasteiger charge is 2.36. The van der Waals surface area contributed by atoms with Gasteiger partial charge in [-0.25, -0.2) is 4.98 Å². The Hall–Kier alpha value is -3.41. The molecule has 2 aromatic carbocycles. The zero-order valence-electron chi connectivity index (χ0n) is 21.8. The number of hydrogen-bond donors (Lipinski definition) is 0. The van der Waals surface area contributed by atoms with Gasteiger partial charge >= 0.3 is 0 Å². The number of fused-ring (bicyclic) bond motifs is 3. The van der Waals surface area contributed by atoms with Crippen molar-refractivity contribution >= 4 is 22.7 Å². The van der Waals surface area contributed by atoms with Crippen molar-refractivity contribution in [3.05, 3.63) is 71.9 Å². The van der Waals surface area contributed by atoms with Gasteiger partial charge in [0.2, 0.25) is 0 Å². The average Bonchev–Trinajstić information content (AvgIpc) is 2.94. The normalized spacial score (nSPS) is 21.8. The van der Waals surface area contributed by atoms with E-state index in [-0.39, 0.29) is 24.0 Å². The Labute approximate surface area is 219 Å². The lowest BCUT2D eigenvalue weighted by molar-refractivity contribution is 0.0267. The van der Waals surface area contributed by atoms with Crippen molar-refractivity contribution < 1.29 is 14.3 Å². The van der Waals surface area contributed by atoms with Crippen LogP contribution in [0.4, 0.5) is 0 Å². The minimum Gasteiger partial charge on any atom is -0.487 e. The molecule has 6 heteroatoms. The smallest absolute Gasteiger partial charge is 0.272 e. The molecule has 0 spiro atoms. The maximum atomic E-state index is 14.0. The maximum absolute atomic E-state index is 14.0. The molecule has 0 saturated heterocycles. The SMILES string of the molecule is CN1CCCCCCCN(C(=O)c2ccc3ccccc3n2)[C@@H]2CCCC[C@@H]2Oc2ccccc2C1=O. The zero-order chi connectivity index (χ0) is 25.6. The monoisotopic (exact) mass is 499 g/mol.